The number of carbonyl (C=O) groups excluding carboxylic acids is 1. The summed E-state index contributed by atoms with van der Waals surface area (Å²) in [6, 6.07) is 8.97. The lowest BCUT2D eigenvalue weighted by Gasteiger charge is -2.13. The van der Waals surface area contributed by atoms with Crippen molar-refractivity contribution in [2.24, 2.45) is 0 Å². The highest BCUT2D eigenvalue weighted by molar-refractivity contribution is 8.00. The average Bonchev–Trinajstić information content (AvgIpc) is 3.26. The van der Waals surface area contributed by atoms with E-state index >= 15 is 0 Å². The predicted molar refractivity (Wildman–Crippen MR) is 102 cm³/mol. The van der Waals surface area contributed by atoms with E-state index in [-0.39, 0.29) is 5.91 Å². The van der Waals surface area contributed by atoms with E-state index in [9.17, 15) is 4.79 Å². The molecule has 0 aliphatic rings. The molecule has 0 fully saturated rings. The molecule has 0 saturated carbocycles. The zero-order chi connectivity index (χ0) is 17.8. The van der Waals surface area contributed by atoms with Crippen LogP contribution in [0.4, 0.5) is 5.69 Å². The number of anilines is 1. The molecule has 0 unspecified atom stereocenters. The summed E-state index contributed by atoms with van der Waals surface area (Å²) in [6.45, 7) is 1.79. The van der Waals surface area contributed by atoms with Crippen molar-refractivity contribution in [3.63, 3.8) is 0 Å². The minimum atomic E-state index is -0.393. The zero-order valence-corrected chi connectivity index (χ0v) is 15.8. The summed E-state index contributed by atoms with van der Waals surface area (Å²) in [6.07, 6.45) is 0. The molecule has 0 saturated heterocycles. The van der Waals surface area contributed by atoms with E-state index in [2.05, 4.69) is 20.5 Å². The topological polar surface area (TPSA) is 79.9 Å². The number of nitrogens with zero attached hydrogens (tertiary/aromatic N) is 2. The minimum Gasteiger partial charge on any atom is -0.495 e. The number of aromatic nitrogens is 3. The van der Waals surface area contributed by atoms with Crippen molar-refractivity contribution in [1.82, 2.24) is 15.2 Å². The van der Waals surface area contributed by atoms with E-state index in [4.69, 9.17) is 16.3 Å². The molecule has 1 aromatic carbocycles. The number of amides is 1. The van der Waals surface area contributed by atoms with Gasteiger partial charge in [0.25, 0.3) is 0 Å². The fourth-order valence-electron chi connectivity index (χ4n) is 2.05. The Labute approximate surface area is 158 Å². The number of thiophene rings is 1. The first-order chi connectivity index (χ1) is 12.1. The van der Waals surface area contributed by atoms with E-state index in [0.29, 0.717) is 27.4 Å². The third-order valence-corrected chi connectivity index (χ3v) is 5.36. The number of methoxy groups -OCH3 is 1. The van der Waals surface area contributed by atoms with Crippen molar-refractivity contribution >= 4 is 46.3 Å². The lowest BCUT2D eigenvalue weighted by atomic mass is 10.3. The average molecular weight is 395 g/mol. The molecular weight excluding hydrogens is 380 g/mol. The van der Waals surface area contributed by atoms with Crippen molar-refractivity contribution in [3.8, 4) is 16.5 Å². The molecule has 130 valence electrons. The molecule has 0 aliphatic heterocycles. The molecule has 1 atom stereocenters. The molecule has 2 aromatic heterocycles. The van der Waals surface area contributed by atoms with E-state index in [1.54, 1.807) is 36.5 Å². The van der Waals surface area contributed by atoms with Crippen molar-refractivity contribution in [3.05, 3.63) is 40.7 Å². The van der Waals surface area contributed by atoms with Gasteiger partial charge in [-0.05, 0) is 36.6 Å². The Morgan fingerprint density at radius 3 is 3.00 bits per heavy atom. The smallest absolute Gasteiger partial charge is 0.237 e. The lowest BCUT2D eigenvalue weighted by molar-refractivity contribution is -0.115. The van der Waals surface area contributed by atoms with Crippen molar-refractivity contribution in [2.75, 3.05) is 12.4 Å². The molecule has 0 spiro atoms. The third-order valence-electron chi connectivity index (χ3n) is 3.29. The van der Waals surface area contributed by atoms with Crippen LogP contribution in [-0.2, 0) is 4.79 Å². The molecule has 0 radical (unpaired) electrons. The summed E-state index contributed by atoms with van der Waals surface area (Å²) < 4.78 is 5.24. The van der Waals surface area contributed by atoms with Gasteiger partial charge in [-0.2, -0.15) is 0 Å². The first-order valence-electron chi connectivity index (χ1n) is 7.34. The summed E-state index contributed by atoms with van der Waals surface area (Å²) >= 11 is 8.83. The Hall–Kier alpha value is -2.03. The van der Waals surface area contributed by atoms with Crippen molar-refractivity contribution in [2.45, 2.75) is 17.3 Å². The van der Waals surface area contributed by atoms with Crippen LogP contribution in [0.2, 0.25) is 5.02 Å². The van der Waals surface area contributed by atoms with Crippen LogP contribution in [0, 0.1) is 0 Å². The Kier molecular flexibility index (Phi) is 5.62. The van der Waals surface area contributed by atoms with Gasteiger partial charge in [0.15, 0.2) is 5.82 Å². The van der Waals surface area contributed by atoms with Gasteiger partial charge in [-0.15, -0.1) is 16.4 Å². The number of carbonyl (C=O) groups is 1. The maximum absolute atomic E-state index is 12.4. The number of H-pyrrole nitrogens is 1. The molecular formula is C16H15ClN4O2S2. The molecule has 6 nitrogen and oxygen atoms in total. The van der Waals surface area contributed by atoms with Crippen LogP contribution in [0.1, 0.15) is 6.92 Å². The Morgan fingerprint density at radius 2 is 2.28 bits per heavy atom. The van der Waals surface area contributed by atoms with Crippen LogP contribution < -0.4 is 10.1 Å². The monoisotopic (exact) mass is 394 g/mol. The van der Waals surface area contributed by atoms with Crippen molar-refractivity contribution < 1.29 is 9.53 Å². The number of halogens is 1. The van der Waals surface area contributed by atoms with Crippen LogP contribution in [-0.4, -0.2) is 33.4 Å². The molecule has 3 rings (SSSR count). The number of aromatic amines is 1. The van der Waals surface area contributed by atoms with Crippen LogP contribution >= 0.6 is 34.7 Å². The SMILES string of the molecule is COc1ccc(Cl)cc1NC(=O)[C@@H](C)Sc1n[nH]c(-c2cccs2)n1. The highest BCUT2D eigenvalue weighted by Crippen LogP contribution is 2.29. The minimum absolute atomic E-state index is 0.187. The Morgan fingerprint density at radius 1 is 1.44 bits per heavy atom. The number of ether oxygens (including phenoxy) is 1. The first kappa shape index (κ1) is 17.8. The number of rotatable bonds is 6. The number of hydrogen-bond acceptors (Lipinski definition) is 6. The molecule has 25 heavy (non-hydrogen) atoms. The molecule has 2 heterocycles. The standard InChI is InChI=1S/C16H15ClN4O2S2/c1-9(15(22)18-11-8-10(17)5-6-12(11)23-2)25-16-19-14(20-21-16)13-4-3-7-24-13/h3-9H,1-2H3,(H,18,22)(H,19,20,21)/t9-/m1/s1. The Balaban J connectivity index is 1.66. The first-order valence-corrected chi connectivity index (χ1v) is 9.48. The second kappa shape index (κ2) is 7.90. The van der Waals surface area contributed by atoms with Gasteiger partial charge < -0.3 is 10.1 Å². The predicted octanol–water partition coefficient (Wildman–Crippen LogP) is 4.31. The highest BCUT2D eigenvalue weighted by atomic mass is 35.5. The molecule has 0 aliphatic carbocycles. The van der Waals surface area contributed by atoms with Gasteiger partial charge in [0.1, 0.15) is 5.75 Å². The van der Waals surface area contributed by atoms with Crippen molar-refractivity contribution in [1.29, 1.82) is 0 Å². The van der Waals surface area contributed by atoms with Gasteiger partial charge in [-0.3, -0.25) is 9.89 Å². The second-order valence-electron chi connectivity index (χ2n) is 5.04. The Bertz CT molecular complexity index is 867. The van der Waals surface area contributed by atoms with Crippen LogP contribution in [0.15, 0.2) is 40.9 Å². The maximum Gasteiger partial charge on any atom is 0.237 e. The molecule has 3 aromatic rings. The van der Waals surface area contributed by atoms with Crippen LogP contribution in [0.5, 0.6) is 5.75 Å². The van der Waals surface area contributed by atoms with Crippen LogP contribution in [0.3, 0.4) is 0 Å². The lowest BCUT2D eigenvalue weighted by Crippen LogP contribution is -2.22. The van der Waals surface area contributed by atoms with Gasteiger partial charge in [-0.1, -0.05) is 29.4 Å². The number of hydrogen-bond donors (Lipinski definition) is 2. The van der Waals surface area contributed by atoms with Gasteiger partial charge in [0.2, 0.25) is 11.1 Å². The molecule has 1 amide bonds. The van der Waals surface area contributed by atoms with Gasteiger partial charge in [0.05, 0.1) is 22.9 Å². The normalized spacial score (nSPS) is 12.0. The summed E-state index contributed by atoms with van der Waals surface area (Å²) in [5, 5.41) is 12.5. The van der Waals surface area contributed by atoms with E-state index in [1.807, 2.05) is 17.5 Å². The molecule has 9 heteroatoms. The molecule has 2 N–H and O–H groups in total. The zero-order valence-electron chi connectivity index (χ0n) is 13.4. The molecule has 0 bridgehead atoms. The third kappa shape index (κ3) is 4.33. The summed E-state index contributed by atoms with van der Waals surface area (Å²) in [5.41, 5.74) is 0.529. The fourth-order valence-corrected chi connectivity index (χ4v) is 3.61. The quantitative estimate of drug-likeness (QED) is 0.609. The fraction of sp³-hybridized carbons (Fsp3) is 0.188. The number of benzene rings is 1. The van der Waals surface area contributed by atoms with E-state index < -0.39 is 5.25 Å². The van der Waals surface area contributed by atoms with Gasteiger partial charge >= 0.3 is 0 Å². The number of nitrogens with one attached hydrogen (secondary N) is 2. The number of thioether (sulfide) groups is 1. The second-order valence-corrected chi connectivity index (χ2v) is 7.73. The highest BCUT2D eigenvalue weighted by Gasteiger charge is 2.19. The summed E-state index contributed by atoms with van der Waals surface area (Å²) in [7, 11) is 1.54. The summed E-state index contributed by atoms with van der Waals surface area (Å²) in [5.74, 6) is 1.06. The van der Waals surface area contributed by atoms with Crippen LogP contribution in [0.25, 0.3) is 10.7 Å². The maximum atomic E-state index is 12.4. The van der Waals surface area contributed by atoms with E-state index in [1.165, 1.54) is 18.9 Å². The van der Waals surface area contributed by atoms with Gasteiger partial charge in [0, 0.05) is 5.02 Å². The van der Waals surface area contributed by atoms with Gasteiger partial charge in [-0.25, -0.2) is 4.98 Å². The largest absolute Gasteiger partial charge is 0.495 e. The van der Waals surface area contributed by atoms with E-state index in [0.717, 1.165) is 4.88 Å². The summed E-state index contributed by atoms with van der Waals surface area (Å²) in [4.78, 5) is 17.8.